The first-order valence-corrected chi connectivity index (χ1v) is 9.21. The van der Waals surface area contributed by atoms with Gasteiger partial charge in [0.15, 0.2) is 11.2 Å². The number of aliphatic hydroxyl groups excluding tert-OH is 1. The van der Waals surface area contributed by atoms with Crippen molar-refractivity contribution in [2.75, 3.05) is 18.5 Å². The van der Waals surface area contributed by atoms with Gasteiger partial charge in [-0.2, -0.15) is 4.98 Å². The molecule has 2 heterocycles. The van der Waals surface area contributed by atoms with E-state index in [9.17, 15) is 14.7 Å². The highest BCUT2D eigenvalue weighted by Crippen LogP contribution is 2.17. The molecule has 2 aromatic heterocycles. The van der Waals surface area contributed by atoms with Crippen LogP contribution in [0.25, 0.3) is 11.2 Å². The number of benzene rings is 1. The summed E-state index contributed by atoms with van der Waals surface area (Å²) in [4.78, 5) is 30.9. The molecule has 0 unspecified atom stereocenters. The smallest absolute Gasteiger partial charge is 0.329 e. The first-order valence-electron chi connectivity index (χ1n) is 9.21. The van der Waals surface area contributed by atoms with Crippen molar-refractivity contribution in [3.05, 3.63) is 50.7 Å². The molecule has 28 heavy (non-hydrogen) atoms. The third-order valence-electron chi connectivity index (χ3n) is 4.40. The summed E-state index contributed by atoms with van der Waals surface area (Å²) in [7, 11) is 1.54. The third kappa shape index (κ3) is 4.09. The average molecular weight is 387 g/mol. The van der Waals surface area contributed by atoms with Crippen LogP contribution in [0.15, 0.2) is 33.9 Å². The quantitative estimate of drug-likeness (QED) is 0.531. The molecule has 0 aliphatic rings. The van der Waals surface area contributed by atoms with E-state index in [0.717, 1.165) is 12.0 Å². The van der Waals surface area contributed by atoms with Crippen LogP contribution in [0.5, 0.6) is 5.75 Å². The number of ether oxygens (including phenoxy) is 1. The Labute approximate surface area is 161 Å². The zero-order chi connectivity index (χ0) is 20.3. The van der Waals surface area contributed by atoms with Gasteiger partial charge in [-0.05, 0) is 25.5 Å². The van der Waals surface area contributed by atoms with Gasteiger partial charge in [-0.25, -0.2) is 4.79 Å². The molecule has 0 radical (unpaired) electrons. The van der Waals surface area contributed by atoms with Crippen LogP contribution in [0.3, 0.4) is 0 Å². The monoisotopic (exact) mass is 387 g/mol. The van der Waals surface area contributed by atoms with Crippen LogP contribution in [-0.2, 0) is 13.6 Å². The fourth-order valence-electron chi connectivity index (χ4n) is 2.87. The van der Waals surface area contributed by atoms with Crippen molar-refractivity contribution in [3.63, 3.8) is 0 Å². The molecular weight excluding hydrogens is 362 g/mol. The van der Waals surface area contributed by atoms with Crippen LogP contribution < -0.4 is 21.3 Å². The summed E-state index contributed by atoms with van der Waals surface area (Å²) >= 11 is 0. The van der Waals surface area contributed by atoms with Gasteiger partial charge in [-0.1, -0.05) is 24.6 Å². The van der Waals surface area contributed by atoms with Crippen molar-refractivity contribution in [1.82, 2.24) is 19.1 Å². The summed E-state index contributed by atoms with van der Waals surface area (Å²) in [6.45, 7) is 4.78. The lowest BCUT2D eigenvalue weighted by molar-refractivity contribution is 0.0938. The predicted molar refractivity (Wildman–Crippen MR) is 107 cm³/mol. The molecule has 9 heteroatoms. The minimum Gasteiger partial charge on any atom is -0.491 e. The molecule has 9 nitrogen and oxygen atoms in total. The predicted octanol–water partition coefficient (Wildman–Crippen LogP) is 0.994. The second kappa shape index (κ2) is 8.30. The van der Waals surface area contributed by atoms with E-state index < -0.39 is 17.4 Å². The average Bonchev–Trinajstić information content (AvgIpc) is 3.03. The number of aromatic amines is 1. The van der Waals surface area contributed by atoms with E-state index in [1.807, 2.05) is 38.1 Å². The van der Waals surface area contributed by atoms with E-state index in [0.29, 0.717) is 18.2 Å². The number of anilines is 1. The molecule has 3 aromatic rings. The van der Waals surface area contributed by atoms with Gasteiger partial charge < -0.3 is 19.7 Å². The summed E-state index contributed by atoms with van der Waals surface area (Å²) in [6.07, 6.45) is -0.0186. The Morgan fingerprint density at radius 2 is 2.00 bits per heavy atom. The number of nitrogens with one attached hydrogen (secondary N) is 2. The molecule has 0 amide bonds. The van der Waals surface area contributed by atoms with Crippen LogP contribution in [-0.4, -0.2) is 43.5 Å². The molecule has 3 rings (SSSR count). The Morgan fingerprint density at radius 3 is 2.68 bits per heavy atom. The number of aryl methyl sites for hydroxylation is 2. The third-order valence-corrected chi connectivity index (χ3v) is 4.40. The van der Waals surface area contributed by atoms with E-state index >= 15 is 0 Å². The zero-order valence-electron chi connectivity index (χ0n) is 16.2. The minimum absolute atomic E-state index is 0.0552. The van der Waals surface area contributed by atoms with Gasteiger partial charge in [0.2, 0.25) is 5.95 Å². The van der Waals surface area contributed by atoms with Crippen molar-refractivity contribution >= 4 is 17.1 Å². The molecule has 0 spiro atoms. The molecule has 0 aliphatic heterocycles. The molecule has 1 aromatic carbocycles. The molecule has 0 fully saturated rings. The number of hydrogen-bond donors (Lipinski definition) is 3. The van der Waals surface area contributed by atoms with Crippen LogP contribution in [0.1, 0.15) is 18.9 Å². The number of aliphatic hydroxyl groups is 1. The number of aromatic nitrogens is 4. The Hall–Kier alpha value is -3.07. The highest BCUT2D eigenvalue weighted by molar-refractivity contribution is 5.74. The van der Waals surface area contributed by atoms with E-state index in [1.54, 1.807) is 11.6 Å². The topological polar surface area (TPSA) is 114 Å². The number of rotatable bonds is 8. The molecule has 0 aliphatic carbocycles. The van der Waals surface area contributed by atoms with Gasteiger partial charge in [-0.15, -0.1) is 0 Å². The van der Waals surface area contributed by atoms with Crippen molar-refractivity contribution < 1.29 is 9.84 Å². The standard InChI is InChI=1S/C19H25N5O4/c1-4-9-20-18-21-16-15(17(26)22-19(27)23(16)3)24(18)10-13(25)11-28-14-7-5-12(2)6-8-14/h5-8,13,25H,4,9-11H2,1-3H3,(H,20,21)(H,22,26,27)/t13-/m0/s1. The minimum atomic E-state index is -0.877. The maximum absolute atomic E-state index is 12.4. The molecule has 0 saturated carbocycles. The highest BCUT2D eigenvalue weighted by atomic mass is 16.5. The normalized spacial score (nSPS) is 12.3. The molecule has 150 valence electrons. The lowest BCUT2D eigenvalue weighted by atomic mass is 10.2. The summed E-state index contributed by atoms with van der Waals surface area (Å²) in [6, 6.07) is 7.53. The number of nitrogens with zero attached hydrogens (tertiary/aromatic N) is 3. The molecule has 3 N–H and O–H groups in total. The second-order valence-corrected chi connectivity index (χ2v) is 6.74. The van der Waals surface area contributed by atoms with Crippen molar-refractivity contribution in [1.29, 1.82) is 0 Å². The fourth-order valence-corrected chi connectivity index (χ4v) is 2.87. The second-order valence-electron chi connectivity index (χ2n) is 6.74. The van der Waals surface area contributed by atoms with E-state index in [-0.39, 0.29) is 24.3 Å². The Balaban J connectivity index is 1.87. The lowest BCUT2D eigenvalue weighted by Crippen LogP contribution is -2.31. The number of hydrogen-bond acceptors (Lipinski definition) is 6. The molecule has 1 atom stereocenters. The van der Waals surface area contributed by atoms with Gasteiger partial charge in [0.05, 0.1) is 6.54 Å². The Kier molecular flexibility index (Phi) is 5.84. The summed E-state index contributed by atoms with van der Waals surface area (Å²) in [5.74, 6) is 1.09. The molecule has 0 saturated heterocycles. The van der Waals surface area contributed by atoms with Crippen LogP contribution in [0.2, 0.25) is 0 Å². The van der Waals surface area contributed by atoms with Crippen molar-refractivity contribution in [2.45, 2.75) is 32.9 Å². The largest absolute Gasteiger partial charge is 0.491 e. The van der Waals surface area contributed by atoms with Gasteiger partial charge in [0.25, 0.3) is 5.56 Å². The maximum atomic E-state index is 12.4. The summed E-state index contributed by atoms with van der Waals surface area (Å²) < 4.78 is 8.50. The number of fused-ring (bicyclic) bond motifs is 1. The van der Waals surface area contributed by atoms with E-state index in [2.05, 4.69) is 15.3 Å². The van der Waals surface area contributed by atoms with Gasteiger partial charge in [0.1, 0.15) is 18.5 Å². The lowest BCUT2D eigenvalue weighted by Gasteiger charge is -2.16. The van der Waals surface area contributed by atoms with Crippen molar-refractivity contribution in [3.8, 4) is 5.75 Å². The first-order chi connectivity index (χ1) is 13.4. The van der Waals surface area contributed by atoms with Crippen molar-refractivity contribution in [2.24, 2.45) is 7.05 Å². The Morgan fingerprint density at radius 1 is 1.29 bits per heavy atom. The molecular formula is C19H25N5O4. The Bertz CT molecular complexity index is 1060. The van der Waals surface area contributed by atoms with Crippen LogP contribution >= 0.6 is 0 Å². The highest BCUT2D eigenvalue weighted by Gasteiger charge is 2.19. The SMILES string of the molecule is CCCNc1nc2c(c(=O)[nH]c(=O)n2C)n1C[C@H](O)COc1ccc(C)cc1. The zero-order valence-corrected chi connectivity index (χ0v) is 16.2. The van der Waals surface area contributed by atoms with Gasteiger partial charge >= 0.3 is 5.69 Å². The maximum Gasteiger partial charge on any atom is 0.329 e. The van der Waals surface area contributed by atoms with E-state index in [1.165, 1.54) is 4.57 Å². The number of H-pyrrole nitrogens is 1. The molecule has 0 bridgehead atoms. The van der Waals surface area contributed by atoms with Gasteiger partial charge in [-0.3, -0.25) is 14.3 Å². The van der Waals surface area contributed by atoms with Gasteiger partial charge in [0, 0.05) is 13.6 Å². The van der Waals surface area contributed by atoms with Crippen LogP contribution in [0, 0.1) is 6.92 Å². The first kappa shape index (κ1) is 19.7. The number of imidazole rings is 1. The summed E-state index contributed by atoms with van der Waals surface area (Å²) in [5.41, 5.74) is 0.539. The fraction of sp³-hybridized carbons (Fsp3) is 0.421. The van der Waals surface area contributed by atoms with E-state index in [4.69, 9.17) is 4.74 Å². The summed E-state index contributed by atoms with van der Waals surface area (Å²) in [5, 5.41) is 13.6. The van der Waals surface area contributed by atoms with Crippen LogP contribution in [0.4, 0.5) is 5.95 Å².